The number of fused-ring (bicyclic) bond motifs is 1. The smallest absolute Gasteiger partial charge is 0.253 e. The minimum Gasteiger partial charge on any atom is -0.755 e. The van der Waals surface area contributed by atoms with E-state index in [1.165, 1.54) is 13.2 Å². The number of para-hydroxylation sites is 2. The molecule has 3 aromatic carbocycles. The largest absolute Gasteiger partial charge is 0.755 e. The van der Waals surface area contributed by atoms with Crippen molar-refractivity contribution in [2.24, 2.45) is 0 Å². The molecule has 37 heavy (non-hydrogen) atoms. The maximum Gasteiger partial charge on any atom is 0.253 e. The molecule has 192 valence electrons. The van der Waals surface area contributed by atoms with Crippen molar-refractivity contribution in [3.63, 3.8) is 0 Å². The van der Waals surface area contributed by atoms with Gasteiger partial charge in [-0.15, -0.1) is 0 Å². The van der Waals surface area contributed by atoms with Gasteiger partial charge in [-0.1, -0.05) is 36.7 Å². The fourth-order valence-corrected chi connectivity index (χ4v) is 4.49. The zero-order valence-corrected chi connectivity index (χ0v) is 22.0. The Morgan fingerprint density at radius 3 is 2.49 bits per heavy atom. The van der Waals surface area contributed by atoms with Gasteiger partial charge in [0.05, 0.1) is 45.8 Å². The molecule has 4 aromatic rings. The second kappa shape index (κ2) is 11.5. The Morgan fingerprint density at radius 1 is 1.08 bits per heavy atom. The van der Waals surface area contributed by atoms with Gasteiger partial charge in [-0.2, -0.15) is 0 Å². The van der Waals surface area contributed by atoms with Crippen LogP contribution in [0.4, 0.5) is 23.0 Å². The number of nitrogens with zero attached hydrogens (tertiary/aromatic N) is 4. The molecule has 0 aliphatic rings. The summed E-state index contributed by atoms with van der Waals surface area (Å²) in [4.78, 5) is 23.7. The number of benzene rings is 3. The van der Waals surface area contributed by atoms with Crippen molar-refractivity contribution >= 4 is 62.8 Å². The van der Waals surface area contributed by atoms with E-state index in [0.717, 1.165) is 10.7 Å². The Labute approximate surface area is 222 Å². The fourth-order valence-electron chi connectivity index (χ4n) is 3.77. The molecule has 0 saturated carbocycles. The summed E-state index contributed by atoms with van der Waals surface area (Å²) < 4.78 is 31.5. The first-order valence-electron chi connectivity index (χ1n) is 11.4. The molecular weight excluding hydrogens is 514 g/mol. The number of methoxy groups -OCH3 is 1. The third-order valence-electron chi connectivity index (χ3n) is 5.55. The van der Waals surface area contributed by atoms with E-state index in [2.05, 4.69) is 15.3 Å². The number of anilines is 4. The van der Waals surface area contributed by atoms with Gasteiger partial charge in [0.1, 0.15) is 5.75 Å². The number of amides is 1. The van der Waals surface area contributed by atoms with Crippen molar-refractivity contribution in [3.05, 3.63) is 77.3 Å². The van der Waals surface area contributed by atoms with E-state index in [9.17, 15) is 13.6 Å². The normalized spacial score (nSPS) is 11.7. The molecule has 11 heteroatoms. The lowest BCUT2D eigenvalue weighted by Gasteiger charge is -2.28. The summed E-state index contributed by atoms with van der Waals surface area (Å²) in [6.45, 7) is 2.55. The molecule has 0 bridgehead atoms. The second-order valence-corrected chi connectivity index (χ2v) is 9.35. The van der Waals surface area contributed by atoms with Crippen molar-refractivity contribution in [2.45, 2.75) is 13.3 Å². The Balaban J connectivity index is 1.86. The minimum atomic E-state index is -2.81. The number of carbonyl (C=O) groups is 1. The molecule has 0 fully saturated rings. The van der Waals surface area contributed by atoms with Gasteiger partial charge in [-0.3, -0.25) is 13.3 Å². The summed E-state index contributed by atoms with van der Waals surface area (Å²) >= 11 is 3.59. The van der Waals surface area contributed by atoms with Gasteiger partial charge in [0.15, 0.2) is 11.6 Å². The van der Waals surface area contributed by atoms with E-state index in [1.807, 2.05) is 13.0 Å². The highest BCUT2D eigenvalue weighted by atomic mass is 35.5. The number of hydrogen-bond donors (Lipinski definition) is 1. The van der Waals surface area contributed by atoms with Crippen LogP contribution in [-0.2, 0) is 11.3 Å². The average Bonchev–Trinajstić information content (AvgIpc) is 2.90. The lowest BCUT2D eigenvalue weighted by Crippen LogP contribution is -2.28. The quantitative estimate of drug-likeness (QED) is 0.282. The summed E-state index contributed by atoms with van der Waals surface area (Å²) in [6, 6.07) is 18.5. The van der Waals surface area contributed by atoms with Crippen LogP contribution in [-0.4, -0.2) is 50.2 Å². The van der Waals surface area contributed by atoms with Gasteiger partial charge in [0, 0.05) is 25.2 Å². The zero-order valence-electron chi connectivity index (χ0n) is 20.5. The van der Waals surface area contributed by atoms with Gasteiger partial charge >= 0.3 is 0 Å². The van der Waals surface area contributed by atoms with Crippen LogP contribution in [0.2, 0.25) is 5.02 Å². The van der Waals surface area contributed by atoms with E-state index in [0.29, 0.717) is 39.6 Å². The van der Waals surface area contributed by atoms with E-state index < -0.39 is 11.3 Å². The first-order chi connectivity index (χ1) is 17.8. The molecule has 0 radical (unpaired) electrons. The number of ether oxygens (including phenoxy) is 1. The maximum atomic E-state index is 12.9. The van der Waals surface area contributed by atoms with Crippen LogP contribution in [0.15, 0.2) is 66.7 Å². The summed E-state index contributed by atoms with van der Waals surface area (Å²) in [6.07, 6.45) is 0.799. The molecule has 1 aromatic heterocycles. The van der Waals surface area contributed by atoms with Crippen LogP contribution < -0.4 is 14.4 Å². The van der Waals surface area contributed by atoms with E-state index in [-0.39, 0.29) is 23.2 Å². The number of nitrogens with one attached hydrogen (secondary N) is 1. The molecule has 0 aliphatic carbocycles. The lowest BCUT2D eigenvalue weighted by molar-refractivity contribution is 0.0795. The first kappa shape index (κ1) is 26.3. The van der Waals surface area contributed by atoms with Gasteiger partial charge in [-0.25, -0.2) is 9.97 Å². The lowest BCUT2D eigenvalue weighted by atomic mass is 10.1. The monoisotopic (exact) mass is 538 g/mol. The summed E-state index contributed by atoms with van der Waals surface area (Å²) in [5.74, 6) is 0.496. The number of halogens is 1. The zero-order chi connectivity index (χ0) is 26.5. The van der Waals surface area contributed by atoms with Gasteiger partial charge in [0.2, 0.25) is 0 Å². The Hall–Kier alpha value is -3.73. The van der Waals surface area contributed by atoms with Gasteiger partial charge in [-0.05, 0) is 48.9 Å². The molecule has 0 aliphatic heterocycles. The highest BCUT2D eigenvalue weighted by Crippen LogP contribution is 2.36. The molecule has 1 unspecified atom stereocenters. The van der Waals surface area contributed by atoms with Crippen molar-refractivity contribution in [1.29, 1.82) is 0 Å². The van der Waals surface area contributed by atoms with Gasteiger partial charge in [0.25, 0.3) is 5.91 Å². The van der Waals surface area contributed by atoms with Crippen LogP contribution in [0, 0.1) is 0 Å². The molecule has 4 rings (SSSR count). The minimum absolute atomic E-state index is 0.0115. The Morgan fingerprint density at radius 2 is 1.81 bits per heavy atom. The highest BCUT2D eigenvalue weighted by Gasteiger charge is 2.22. The highest BCUT2D eigenvalue weighted by molar-refractivity contribution is 7.81. The van der Waals surface area contributed by atoms with Crippen LogP contribution in [0.5, 0.6) is 5.75 Å². The van der Waals surface area contributed by atoms with Crippen LogP contribution >= 0.6 is 11.6 Å². The number of carbonyl (C=O) groups excluding carboxylic acids is 1. The predicted octanol–water partition coefficient (Wildman–Crippen LogP) is 5.45. The average molecular weight is 539 g/mol. The fraction of sp³-hybridized carbons (Fsp3) is 0.192. The Kier molecular flexibility index (Phi) is 8.22. The van der Waals surface area contributed by atoms with Crippen LogP contribution in [0.1, 0.15) is 23.7 Å². The van der Waals surface area contributed by atoms with Crippen molar-refractivity contribution in [1.82, 2.24) is 14.9 Å². The Bertz CT molecular complexity index is 1470. The number of rotatable bonds is 9. The molecule has 0 saturated heterocycles. The number of aromatic nitrogens is 2. The molecule has 1 N–H and O–H groups in total. The van der Waals surface area contributed by atoms with E-state index >= 15 is 0 Å². The predicted molar refractivity (Wildman–Crippen MR) is 146 cm³/mol. The second-order valence-electron chi connectivity index (χ2n) is 8.14. The van der Waals surface area contributed by atoms with Crippen molar-refractivity contribution < 1.29 is 18.3 Å². The summed E-state index contributed by atoms with van der Waals surface area (Å²) in [5, 5.41) is 3.49. The molecule has 1 heterocycles. The molecular formula is C26H25ClN5O4S-. The third kappa shape index (κ3) is 5.82. The van der Waals surface area contributed by atoms with E-state index in [4.69, 9.17) is 16.3 Å². The summed E-state index contributed by atoms with van der Waals surface area (Å²) in [7, 11) is 3.24. The first-order valence-corrected chi connectivity index (χ1v) is 12.9. The number of hydrogen-bond acceptors (Lipinski definition) is 7. The summed E-state index contributed by atoms with van der Waals surface area (Å²) in [5.41, 5.74) is 2.07. The molecule has 1 atom stereocenters. The van der Waals surface area contributed by atoms with Crippen molar-refractivity contribution in [2.75, 3.05) is 30.3 Å². The molecule has 9 nitrogen and oxygen atoms in total. The van der Waals surface area contributed by atoms with E-state index in [1.54, 1.807) is 66.5 Å². The third-order valence-corrected chi connectivity index (χ3v) is 6.56. The maximum absolute atomic E-state index is 12.9. The molecule has 1 amide bonds. The van der Waals surface area contributed by atoms with Gasteiger partial charge < -0.3 is 19.5 Å². The SMILES string of the molecule is CCCN(C)C(=O)c1cccc(N(c2nc3ccccc3nc2Nc2cc(OC)ccc2Cl)S(=O)[O-])c1. The topological polar surface area (TPSA) is 111 Å². The standard InChI is InChI=1S/C26H26ClN5O4S/c1-4-14-31(2)26(33)17-8-7-9-18(15-17)32(37(34)35)25-24(28-21-10-5-6-11-22(21)30-25)29-23-16-19(36-3)12-13-20(23)27/h5-13,15-16H,4,14H2,1-3H3,(H,28,29)(H,34,35)/p-1. The molecule has 0 spiro atoms. The van der Waals surface area contributed by atoms with Crippen LogP contribution in [0.3, 0.4) is 0 Å². The van der Waals surface area contributed by atoms with Crippen molar-refractivity contribution in [3.8, 4) is 5.75 Å². The van der Waals surface area contributed by atoms with Crippen LogP contribution in [0.25, 0.3) is 11.0 Å².